The van der Waals surface area contributed by atoms with Crippen LogP contribution in [-0.2, 0) is 13.0 Å². The molecule has 0 spiro atoms. The van der Waals surface area contributed by atoms with Gasteiger partial charge in [0.05, 0.1) is 5.69 Å². The average molecular weight is 1790 g/mol. The van der Waals surface area contributed by atoms with Gasteiger partial charge in [-0.05, 0) is 23.0 Å². The smallest absolute Gasteiger partial charge is 0.159 e. The summed E-state index contributed by atoms with van der Waals surface area (Å²) in [4.78, 5) is 8.14. The van der Waals surface area contributed by atoms with Gasteiger partial charge < -0.3 is 4.90 Å². The Morgan fingerprint density at radius 3 is 0.409 bits per heavy atom. The van der Waals surface area contributed by atoms with Crippen molar-refractivity contribution in [2.45, 2.75) is 13.0 Å². The summed E-state index contributed by atoms with van der Waals surface area (Å²) >= 11 is 5.16. The molecule has 2 nitrogen and oxygen atoms in total. The number of halogens is 83. The number of likely N-dealkylation sites (N-methyl/N-ethyl adjacent to an activating group) is 1. The van der Waals surface area contributed by atoms with E-state index >= 15 is 0 Å². The van der Waals surface area contributed by atoms with Crippen molar-refractivity contribution >= 4 is 27.3 Å². The first-order chi connectivity index (χ1) is 46.3. The zero-order chi connectivity index (χ0) is 89.8. The molecule has 2 heterocycles. The summed E-state index contributed by atoms with van der Waals surface area (Å²) in [5.74, 6) is 0. The monoisotopic (exact) mass is 1790 g/mol. The molecule has 86 heteroatoms. The number of aromatic nitrogens is 1. The molecule has 0 radical (unpaired) electrons. The topological polar surface area (TPSA) is 16.1 Å². The zero-order valence-electron chi connectivity index (χ0n) is 37.3. The van der Waals surface area contributed by atoms with Gasteiger partial charge in [0, 0.05) is 399 Å². The Morgan fingerprint density at radius 1 is 0.215 bits per heavy atom. The molecular weight excluding hydrogens is 1780 g/mol. The fraction of sp³-hybridized carbons (Fsp3) is 0.571. The predicted molar refractivity (Wildman–Crippen MR) is 141 cm³/mol. The highest BCUT2D eigenvalue weighted by Crippen LogP contribution is 2.27. The van der Waals surface area contributed by atoms with Crippen LogP contribution in [0.5, 0.6) is 0 Å². The maximum Gasteiger partial charge on any atom is 0.159 e. The molecule has 0 aliphatic carbocycles. The molecule has 0 bridgehead atoms. The van der Waals surface area contributed by atoms with Gasteiger partial charge in [0.1, 0.15) is 0 Å². The molecule has 1 aromatic rings. The third kappa shape index (κ3) is 2610. The Balaban J connectivity index is -0.00000000833. The second-order valence-electron chi connectivity index (χ2n) is 2.82. The molecule has 0 N–H and O–H groups in total. The Kier molecular flexibility index (Phi) is 15300. The number of nitrogens with zero attached hydrogens (tertiary/aromatic N) is 2. The van der Waals surface area contributed by atoms with E-state index in [9.17, 15) is 0 Å². The van der Waals surface area contributed by atoms with E-state index in [0.717, 1.165) is 23.4 Å². The first-order valence-corrected chi connectivity index (χ1v) is 11.0. The van der Waals surface area contributed by atoms with Crippen molar-refractivity contribution in [3.8, 4) is 0 Å². The zero-order valence-corrected chi connectivity index (χ0v) is 39.7. The van der Waals surface area contributed by atoms with Crippen LogP contribution in [0.3, 0.4) is 0 Å². The quantitative estimate of drug-likeness (QED) is 0.241. The van der Waals surface area contributed by atoms with Crippen molar-refractivity contribution in [3.63, 3.8) is 0 Å². The van der Waals surface area contributed by atoms with Gasteiger partial charge in [0.25, 0.3) is 0 Å². The van der Waals surface area contributed by atoms with E-state index in [1.165, 1.54) is 10.6 Å². The van der Waals surface area contributed by atoms with Crippen molar-refractivity contribution in [1.29, 1.82) is 0 Å². The lowest BCUT2D eigenvalue weighted by atomic mass is 10.2. The molecule has 0 fully saturated rings. The minimum atomic E-state index is 1.03. The van der Waals surface area contributed by atoms with Gasteiger partial charge in [0.15, 0.2) is 3.92 Å². The first kappa shape index (κ1) is 291. The van der Waals surface area contributed by atoms with Gasteiger partial charge >= 0.3 is 0 Å². The van der Waals surface area contributed by atoms with Gasteiger partial charge in [0.2, 0.25) is 0 Å². The molecule has 0 unspecified atom stereocenters. The Hall–Kier alpha value is -5.67. The number of hydrogen-bond acceptors (Lipinski definition) is 3. The minimum Gasteiger partial charge on any atom is -0.301 e. The maximum absolute atomic E-state index is 8.00. The van der Waals surface area contributed by atoms with Crippen molar-refractivity contribution in [1.82, 2.24) is 9.88 Å². The molecule has 0 saturated carbocycles. The number of rotatable bonds is 0. The van der Waals surface area contributed by atoms with E-state index in [0.29, 0.717) is 0 Å². The Labute approximate surface area is 455 Å². The summed E-state index contributed by atoms with van der Waals surface area (Å²) in [6.07, 6.45) is 1.11. The van der Waals surface area contributed by atoms with Crippen LogP contribution in [0.4, 0.5) is 375 Å². The Morgan fingerprint density at radius 2 is 0.312 bits per heavy atom. The lowest BCUT2D eigenvalue weighted by Crippen LogP contribution is -2.25. The van der Waals surface area contributed by atoms with E-state index in [1.807, 2.05) is 0 Å². The molecule has 0 atom stereocenters. The van der Waals surface area contributed by atoms with E-state index in [4.69, 9.17) is 375 Å². The van der Waals surface area contributed by atoms with Crippen LogP contribution in [0.1, 0.15) is 10.6 Å². The van der Waals surface area contributed by atoms with Crippen LogP contribution in [0, 0.1) is 0 Å². The summed E-state index contributed by atoms with van der Waals surface area (Å²) in [5.41, 5.74) is 1.29. The van der Waals surface area contributed by atoms with Gasteiger partial charge in [-0.15, -0.1) is 11.3 Å². The van der Waals surface area contributed by atoms with Crippen molar-refractivity contribution < 1.29 is 375 Å². The predicted octanol–water partition coefficient (Wildman–Crippen LogP) is 36.3. The third-order valence-corrected chi connectivity index (χ3v) is 3.43. The highest BCUT2D eigenvalue weighted by molar-refractivity contribution is 9.11. The molecule has 1 aromatic heterocycles. The standard InChI is InChI=1S/C7H9BrN2S.41F2/c1-10-3-2-5-6(4-10)11-7(8)9-5;41*1-2/h2-4H2,1H3;;;;;;;;;;;;;;;;;;;;;;;;;;;;;;;;;;;;;;;;;. The summed E-state index contributed by atoms with van der Waals surface area (Å²) in [5, 5.41) is 0. The summed E-state index contributed by atoms with van der Waals surface area (Å²) < 4.78 is 657. The van der Waals surface area contributed by atoms with Gasteiger partial charge in [-0.3, -0.25) is 0 Å². The molecule has 0 saturated heterocycles. The highest BCUT2D eigenvalue weighted by atomic mass is 79.9. The number of thiazole rings is 1. The number of fused-ring (bicyclic) bond motifs is 1. The minimum absolute atomic E-state index is 1.03. The highest BCUT2D eigenvalue weighted by Gasteiger charge is 2.16. The van der Waals surface area contributed by atoms with Crippen molar-refractivity contribution in [2.24, 2.45) is 0 Å². The normalized spacial score (nSPS) is 4.82. The lowest BCUT2D eigenvalue weighted by Gasteiger charge is -2.20. The van der Waals surface area contributed by atoms with E-state index in [-0.39, 0.29) is 0 Å². The van der Waals surface area contributed by atoms with Gasteiger partial charge in [-0.25, -0.2) is 4.98 Å². The maximum atomic E-state index is 8.00. The van der Waals surface area contributed by atoms with Crippen LogP contribution in [0.15, 0.2) is 3.92 Å². The molecule has 0 aromatic carbocycles. The summed E-state index contributed by atoms with van der Waals surface area (Å²) in [6, 6.07) is 0. The van der Waals surface area contributed by atoms with Crippen LogP contribution in [-0.4, -0.2) is 23.5 Å². The molecule has 0 amide bonds. The van der Waals surface area contributed by atoms with E-state index in [2.05, 4.69) is 32.9 Å². The summed E-state index contributed by atoms with van der Waals surface area (Å²) in [7, 11) is 2.15. The number of hydrogen-bond donors (Lipinski definition) is 0. The lowest BCUT2D eigenvalue weighted by molar-refractivity contribution is 0.108. The molecule has 1 aliphatic heterocycles. The fourth-order valence-corrected chi connectivity index (χ4v) is 3.00. The van der Waals surface area contributed by atoms with Crippen molar-refractivity contribution in [2.75, 3.05) is 13.6 Å². The van der Waals surface area contributed by atoms with Crippen LogP contribution >= 0.6 is 27.3 Å². The van der Waals surface area contributed by atoms with Crippen molar-refractivity contribution in [3.05, 3.63) is 14.5 Å². The second kappa shape index (κ2) is 4900. The van der Waals surface area contributed by atoms with Crippen LogP contribution < -0.4 is 0 Å². The molecule has 1 aliphatic rings. The fourth-order valence-electron chi connectivity index (χ4n) is 1.29. The third-order valence-electron chi connectivity index (χ3n) is 1.90. The molecule has 93 heavy (non-hydrogen) atoms. The van der Waals surface area contributed by atoms with E-state index in [1.54, 1.807) is 11.3 Å². The van der Waals surface area contributed by atoms with Gasteiger partial charge in [-0.2, -0.15) is 0 Å². The van der Waals surface area contributed by atoms with Crippen LogP contribution in [0.2, 0.25) is 0 Å². The average Bonchev–Trinajstić information content (AvgIpc) is 4.17. The second-order valence-corrected chi connectivity index (χ2v) is 5.18. The molecule has 2 rings (SSSR count). The largest absolute Gasteiger partial charge is 0.301 e. The van der Waals surface area contributed by atoms with Gasteiger partial charge in [-0.1, -0.05) is 0 Å². The molecule has 634 valence electrons. The molecular formula is C7H9BrF82N2S. The first-order valence-electron chi connectivity index (χ1n) is 9.44. The summed E-state index contributed by atoms with van der Waals surface area (Å²) in [6.45, 7) is 2.21. The SMILES string of the molecule is CN1CCc2nc(Br)sc2C1.FF.FF.FF.FF.FF.FF.FF.FF.FF.FF.FF.FF.FF.FF.FF.FF.FF.FF.FF.FF.FF.FF.FF.FF.FF.FF.FF.FF.FF.FF.FF.FF.FF.FF.FF.FF.FF.FF.FF.FF.FF. The Bertz CT molecular complexity index is 320. The van der Waals surface area contributed by atoms with Crippen LogP contribution in [0.25, 0.3) is 0 Å². The van der Waals surface area contributed by atoms with E-state index < -0.39 is 0 Å².